The van der Waals surface area contributed by atoms with Gasteiger partial charge in [-0.1, -0.05) is 0 Å². The Kier molecular flexibility index (Phi) is 4.52. The monoisotopic (exact) mass is 215 g/mol. The molecule has 0 aromatic rings. The van der Waals surface area contributed by atoms with Gasteiger partial charge in [0.15, 0.2) is 0 Å². The van der Waals surface area contributed by atoms with E-state index in [4.69, 9.17) is 10.5 Å². The van der Waals surface area contributed by atoms with Crippen LogP contribution in [-0.4, -0.2) is 56.4 Å². The number of rotatable bonds is 5. The first-order valence-electron chi connectivity index (χ1n) is 5.71. The molecule has 0 spiro atoms. The molecular weight excluding hydrogens is 190 g/mol. The van der Waals surface area contributed by atoms with E-state index in [2.05, 4.69) is 31.1 Å². The van der Waals surface area contributed by atoms with Crippen LogP contribution in [0.3, 0.4) is 0 Å². The van der Waals surface area contributed by atoms with Crippen LogP contribution in [0.1, 0.15) is 20.3 Å². The van der Waals surface area contributed by atoms with Crippen LogP contribution in [-0.2, 0) is 4.74 Å². The molecule has 0 saturated carbocycles. The van der Waals surface area contributed by atoms with Gasteiger partial charge in [-0.3, -0.25) is 0 Å². The summed E-state index contributed by atoms with van der Waals surface area (Å²) in [5, 5.41) is 3.56. The molecule has 3 unspecified atom stereocenters. The Morgan fingerprint density at radius 1 is 1.67 bits per heavy atom. The molecule has 1 fully saturated rings. The topological polar surface area (TPSA) is 50.5 Å². The zero-order valence-corrected chi connectivity index (χ0v) is 10.4. The van der Waals surface area contributed by atoms with Crippen LogP contribution in [0.2, 0.25) is 0 Å². The molecule has 15 heavy (non-hydrogen) atoms. The lowest BCUT2D eigenvalue weighted by Gasteiger charge is -2.30. The first-order chi connectivity index (χ1) is 7.03. The number of methoxy groups -OCH3 is 1. The first kappa shape index (κ1) is 12.9. The lowest BCUT2D eigenvalue weighted by molar-refractivity contribution is 0.107. The minimum Gasteiger partial charge on any atom is -0.380 e. The Morgan fingerprint density at radius 2 is 2.33 bits per heavy atom. The number of hydrogen-bond acceptors (Lipinski definition) is 4. The molecule has 3 atom stereocenters. The van der Waals surface area contributed by atoms with Gasteiger partial charge in [0.25, 0.3) is 0 Å². The normalized spacial score (nSPS) is 34.6. The number of hydrogen-bond donors (Lipinski definition) is 2. The predicted octanol–water partition coefficient (Wildman–Crippen LogP) is 0.0324. The van der Waals surface area contributed by atoms with Gasteiger partial charge in [0.1, 0.15) is 0 Å². The van der Waals surface area contributed by atoms with Crippen molar-refractivity contribution in [2.45, 2.75) is 38.0 Å². The van der Waals surface area contributed by atoms with Crippen LogP contribution in [0, 0.1) is 0 Å². The van der Waals surface area contributed by atoms with Crippen molar-refractivity contribution >= 4 is 0 Å². The molecule has 4 heteroatoms. The number of likely N-dealkylation sites (N-methyl/N-ethyl adjacent to an activating group) is 1. The smallest absolute Gasteiger partial charge is 0.0667 e. The molecule has 1 saturated heterocycles. The summed E-state index contributed by atoms with van der Waals surface area (Å²) < 4.78 is 5.24. The van der Waals surface area contributed by atoms with Crippen LogP contribution < -0.4 is 11.1 Å². The van der Waals surface area contributed by atoms with Crippen LogP contribution in [0.15, 0.2) is 0 Å². The number of ether oxygens (including phenoxy) is 1. The standard InChI is InChI=1S/C11H25N3O/c1-9-5-11(7-12,8-14(9)3)13-6-10(2)15-4/h9-10,13H,5-8,12H2,1-4H3. The van der Waals surface area contributed by atoms with Crippen molar-refractivity contribution in [3.8, 4) is 0 Å². The molecule has 1 aliphatic rings. The van der Waals surface area contributed by atoms with E-state index in [1.54, 1.807) is 7.11 Å². The summed E-state index contributed by atoms with van der Waals surface area (Å²) in [6.07, 6.45) is 1.37. The molecule has 0 amide bonds. The second-order valence-corrected chi connectivity index (χ2v) is 4.88. The van der Waals surface area contributed by atoms with Crippen LogP contribution >= 0.6 is 0 Å². The van der Waals surface area contributed by atoms with Crippen molar-refractivity contribution in [3.05, 3.63) is 0 Å². The van der Waals surface area contributed by atoms with E-state index >= 15 is 0 Å². The fourth-order valence-electron chi connectivity index (χ4n) is 2.21. The molecule has 0 aromatic heterocycles. The van der Waals surface area contributed by atoms with Gasteiger partial charge in [0.05, 0.1) is 6.10 Å². The van der Waals surface area contributed by atoms with Crippen LogP contribution in [0.5, 0.6) is 0 Å². The van der Waals surface area contributed by atoms with Crippen molar-refractivity contribution in [3.63, 3.8) is 0 Å². The van der Waals surface area contributed by atoms with Gasteiger partial charge in [0, 0.05) is 38.3 Å². The zero-order valence-electron chi connectivity index (χ0n) is 10.4. The van der Waals surface area contributed by atoms with Gasteiger partial charge in [-0.25, -0.2) is 0 Å². The Balaban J connectivity index is 2.48. The van der Waals surface area contributed by atoms with E-state index in [1.807, 2.05) is 0 Å². The van der Waals surface area contributed by atoms with E-state index in [0.29, 0.717) is 12.6 Å². The highest BCUT2D eigenvalue weighted by atomic mass is 16.5. The van der Waals surface area contributed by atoms with E-state index in [1.165, 1.54) is 0 Å². The van der Waals surface area contributed by atoms with Crippen LogP contribution in [0.25, 0.3) is 0 Å². The largest absolute Gasteiger partial charge is 0.380 e. The molecule has 3 N–H and O–H groups in total. The maximum atomic E-state index is 5.89. The average Bonchev–Trinajstić information content (AvgIpc) is 2.52. The molecule has 1 heterocycles. The van der Waals surface area contributed by atoms with Crippen LogP contribution in [0.4, 0.5) is 0 Å². The molecule has 0 bridgehead atoms. The Morgan fingerprint density at radius 3 is 2.73 bits per heavy atom. The third kappa shape index (κ3) is 3.14. The molecule has 4 nitrogen and oxygen atoms in total. The fraction of sp³-hybridized carbons (Fsp3) is 1.00. The van der Waals surface area contributed by atoms with E-state index in [9.17, 15) is 0 Å². The molecule has 1 rings (SSSR count). The third-order valence-corrected chi connectivity index (χ3v) is 3.55. The molecule has 1 aliphatic heterocycles. The van der Waals surface area contributed by atoms with E-state index in [-0.39, 0.29) is 11.6 Å². The quantitative estimate of drug-likeness (QED) is 0.679. The summed E-state index contributed by atoms with van der Waals surface area (Å²) in [7, 11) is 3.90. The number of nitrogens with one attached hydrogen (secondary N) is 1. The Hall–Kier alpha value is -0.160. The minimum atomic E-state index is 0.0843. The van der Waals surface area contributed by atoms with Gasteiger partial charge < -0.3 is 20.7 Å². The highest BCUT2D eigenvalue weighted by Crippen LogP contribution is 2.24. The highest BCUT2D eigenvalue weighted by Gasteiger charge is 2.39. The van der Waals surface area contributed by atoms with Crippen molar-refractivity contribution in [1.82, 2.24) is 10.2 Å². The molecule has 0 aliphatic carbocycles. The van der Waals surface area contributed by atoms with Crippen molar-refractivity contribution in [2.75, 3.05) is 33.8 Å². The maximum absolute atomic E-state index is 5.89. The summed E-state index contributed by atoms with van der Waals surface area (Å²) in [4.78, 5) is 2.36. The molecule has 90 valence electrons. The number of nitrogens with zero attached hydrogens (tertiary/aromatic N) is 1. The second-order valence-electron chi connectivity index (χ2n) is 4.88. The van der Waals surface area contributed by atoms with Gasteiger partial charge in [-0.05, 0) is 27.3 Å². The predicted molar refractivity (Wildman–Crippen MR) is 63.0 cm³/mol. The summed E-state index contributed by atoms with van der Waals surface area (Å²) in [5.74, 6) is 0. The average molecular weight is 215 g/mol. The molecular formula is C11H25N3O. The fourth-order valence-corrected chi connectivity index (χ4v) is 2.21. The number of nitrogens with two attached hydrogens (primary N) is 1. The summed E-state index contributed by atoms with van der Waals surface area (Å²) >= 11 is 0. The molecule has 0 aromatic carbocycles. The van der Waals surface area contributed by atoms with Crippen molar-refractivity contribution < 1.29 is 4.74 Å². The van der Waals surface area contributed by atoms with Gasteiger partial charge >= 0.3 is 0 Å². The third-order valence-electron chi connectivity index (χ3n) is 3.55. The lowest BCUT2D eigenvalue weighted by Crippen LogP contribution is -2.54. The van der Waals surface area contributed by atoms with Gasteiger partial charge in [-0.2, -0.15) is 0 Å². The van der Waals surface area contributed by atoms with Gasteiger partial charge in [0.2, 0.25) is 0 Å². The summed E-state index contributed by atoms with van der Waals surface area (Å²) in [6.45, 7) is 6.91. The number of likely N-dealkylation sites (tertiary alicyclic amines) is 1. The van der Waals surface area contributed by atoms with Crippen molar-refractivity contribution in [1.29, 1.82) is 0 Å². The maximum Gasteiger partial charge on any atom is 0.0667 e. The second kappa shape index (κ2) is 5.25. The summed E-state index contributed by atoms with van der Waals surface area (Å²) in [5.41, 5.74) is 5.98. The van der Waals surface area contributed by atoms with Gasteiger partial charge in [-0.15, -0.1) is 0 Å². The van der Waals surface area contributed by atoms with E-state index in [0.717, 1.165) is 19.5 Å². The Bertz CT molecular complexity index is 188. The lowest BCUT2D eigenvalue weighted by atomic mass is 9.96. The van der Waals surface area contributed by atoms with Crippen molar-refractivity contribution in [2.24, 2.45) is 5.73 Å². The van der Waals surface area contributed by atoms with E-state index < -0.39 is 0 Å². The zero-order chi connectivity index (χ0) is 11.5. The molecule has 0 radical (unpaired) electrons. The summed E-state index contributed by atoms with van der Waals surface area (Å²) in [6, 6.07) is 0.610. The highest BCUT2D eigenvalue weighted by molar-refractivity contribution is 5.00. The SMILES string of the molecule is COC(C)CNC1(CN)CC(C)N(C)C1. The Labute approximate surface area is 93.1 Å². The minimum absolute atomic E-state index is 0.0843. The first-order valence-corrected chi connectivity index (χ1v) is 5.71.